The second-order valence-electron chi connectivity index (χ2n) is 8.54. The van der Waals surface area contributed by atoms with Gasteiger partial charge in [-0.25, -0.2) is 21.7 Å². The zero-order valence-corrected chi connectivity index (χ0v) is 18.0. The molecule has 0 aliphatic heterocycles. The third-order valence-electron chi connectivity index (χ3n) is 6.03. The van der Waals surface area contributed by atoms with Crippen LogP contribution in [-0.4, -0.2) is 46.9 Å². The van der Waals surface area contributed by atoms with Gasteiger partial charge < -0.3 is 5.11 Å². The van der Waals surface area contributed by atoms with Crippen molar-refractivity contribution in [1.82, 2.24) is 4.72 Å². The Hall–Kier alpha value is -0.960. The minimum absolute atomic E-state index is 0.0101. The number of aliphatic hydroxyl groups excluding tert-OH is 1. The summed E-state index contributed by atoms with van der Waals surface area (Å²) < 4.78 is 45.4. The summed E-state index contributed by atoms with van der Waals surface area (Å²) in [7, 11) is -4.97. The van der Waals surface area contributed by atoms with E-state index in [-0.39, 0.29) is 11.8 Å². The largest absolute Gasteiger partial charge is 0.390 e. The van der Waals surface area contributed by atoms with E-state index in [0.29, 0.717) is 4.90 Å². The summed E-state index contributed by atoms with van der Waals surface area (Å²) in [6.07, 6.45) is 1.57. The van der Waals surface area contributed by atoms with Crippen molar-refractivity contribution in [2.45, 2.75) is 67.1 Å². The van der Waals surface area contributed by atoms with Gasteiger partial charge in [0.15, 0.2) is 0 Å². The van der Waals surface area contributed by atoms with Crippen molar-refractivity contribution in [2.75, 3.05) is 7.05 Å². The predicted molar refractivity (Wildman–Crippen MR) is 107 cm³/mol. The molecule has 2 saturated carbocycles. The standard InChI is InChI=1S/C19H30N2O4S2/c1-19(2,3)27(24,25)21-16-14-11-8-12-15(14)18(17(16)22)26(23,20-4)13-9-6-5-7-10-13/h5-7,9-10,14-18,21-22H,8,11-12H2,1-4H3/t14-,15+,16+,17-,18-,26-/m1/s1. The number of nitrogens with one attached hydrogen (secondary N) is 1. The van der Waals surface area contributed by atoms with Gasteiger partial charge in [0.1, 0.15) is 0 Å². The van der Waals surface area contributed by atoms with Crippen molar-refractivity contribution in [3.8, 4) is 0 Å². The van der Waals surface area contributed by atoms with E-state index in [0.717, 1.165) is 19.3 Å². The average Bonchev–Trinajstić information content (AvgIpc) is 3.16. The maximum Gasteiger partial charge on any atom is 0.216 e. The highest BCUT2D eigenvalue weighted by molar-refractivity contribution is 7.94. The van der Waals surface area contributed by atoms with Crippen LogP contribution in [0.15, 0.2) is 39.6 Å². The number of nitrogens with zero attached hydrogens (tertiary/aromatic N) is 1. The van der Waals surface area contributed by atoms with Crippen molar-refractivity contribution in [2.24, 2.45) is 16.2 Å². The Morgan fingerprint density at radius 2 is 1.67 bits per heavy atom. The van der Waals surface area contributed by atoms with Crippen LogP contribution in [0.2, 0.25) is 0 Å². The summed E-state index contributed by atoms with van der Waals surface area (Å²) >= 11 is 0. The Morgan fingerprint density at radius 3 is 2.22 bits per heavy atom. The molecule has 3 rings (SSSR count). The molecule has 0 amide bonds. The summed E-state index contributed by atoms with van der Waals surface area (Å²) in [4.78, 5) is 0.599. The summed E-state index contributed by atoms with van der Waals surface area (Å²) in [6, 6.07) is 8.40. The molecule has 6 atom stereocenters. The van der Waals surface area contributed by atoms with Gasteiger partial charge in [-0.15, -0.1) is 0 Å². The van der Waals surface area contributed by atoms with Crippen LogP contribution in [0, 0.1) is 11.8 Å². The fraction of sp³-hybridized carbons (Fsp3) is 0.684. The van der Waals surface area contributed by atoms with Crippen LogP contribution in [0.1, 0.15) is 40.0 Å². The number of sulfonamides is 1. The van der Waals surface area contributed by atoms with Gasteiger partial charge in [0, 0.05) is 11.9 Å². The molecule has 1 aromatic carbocycles. The van der Waals surface area contributed by atoms with Gasteiger partial charge in [0.25, 0.3) is 0 Å². The first kappa shape index (κ1) is 20.8. The molecule has 0 heterocycles. The highest BCUT2D eigenvalue weighted by Crippen LogP contribution is 2.49. The monoisotopic (exact) mass is 414 g/mol. The summed E-state index contributed by atoms with van der Waals surface area (Å²) in [5.41, 5.74) is 0. The van der Waals surface area contributed by atoms with Gasteiger partial charge in [-0.05, 0) is 57.6 Å². The first-order valence-electron chi connectivity index (χ1n) is 9.42. The van der Waals surface area contributed by atoms with E-state index in [1.54, 1.807) is 32.9 Å². The van der Waals surface area contributed by atoms with E-state index in [9.17, 15) is 17.7 Å². The molecule has 0 saturated heterocycles. The Kier molecular flexibility index (Phi) is 5.49. The van der Waals surface area contributed by atoms with Gasteiger partial charge in [-0.2, -0.15) is 0 Å². The highest BCUT2D eigenvalue weighted by atomic mass is 32.2. The van der Waals surface area contributed by atoms with Gasteiger partial charge in [-0.1, -0.05) is 24.6 Å². The van der Waals surface area contributed by atoms with E-state index >= 15 is 0 Å². The van der Waals surface area contributed by atoms with Crippen molar-refractivity contribution < 1.29 is 17.7 Å². The lowest BCUT2D eigenvalue weighted by Crippen LogP contribution is -2.51. The molecule has 0 bridgehead atoms. The zero-order valence-electron chi connectivity index (χ0n) is 16.3. The smallest absolute Gasteiger partial charge is 0.216 e. The van der Waals surface area contributed by atoms with E-state index in [1.807, 2.05) is 18.2 Å². The lowest BCUT2D eigenvalue weighted by atomic mass is 9.98. The quantitative estimate of drug-likeness (QED) is 0.791. The third-order valence-corrected chi connectivity index (χ3v) is 11.1. The lowest BCUT2D eigenvalue weighted by Gasteiger charge is -2.28. The maximum absolute atomic E-state index is 13.9. The molecule has 152 valence electrons. The van der Waals surface area contributed by atoms with Crippen LogP contribution < -0.4 is 4.72 Å². The van der Waals surface area contributed by atoms with E-state index < -0.39 is 41.9 Å². The molecule has 8 heteroatoms. The van der Waals surface area contributed by atoms with Crippen LogP contribution in [0.4, 0.5) is 0 Å². The van der Waals surface area contributed by atoms with Crippen LogP contribution in [0.5, 0.6) is 0 Å². The van der Waals surface area contributed by atoms with Crippen molar-refractivity contribution in [3.05, 3.63) is 30.3 Å². The number of hydrogen-bond donors (Lipinski definition) is 2. The normalized spacial score (nSPS) is 33.4. The van der Waals surface area contributed by atoms with Gasteiger partial charge >= 0.3 is 0 Å². The zero-order chi connectivity index (χ0) is 20.0. The molecule has 6 nitrogen and oxygen atoms in total. The Labute approximate surface area is 163 Å². The fourth-order valence-corrected chi connectivity index (χ4v) is 8.22. The molecule has 0 spiro atoms. The molecule has 2 fully saturated rings. The topological polar surface area (TPSA) is 95.8 Å². The summed E-state index contributed by atoms with van der Waals surface area (Å²) in [5, 5.41) is 10.6. The number of rotatable bonds is 4. The minimum Gasteiger partial charge on any atom is -0.390 e. The number of fused-ring (bicyclic) bond motifs is 1. The minimum atomic E-state index is -3.63. The van der Waals surface area contributed by atoms with Crippen LogP contribution in [-0.2, 0) is 19.8 Å². The summed E-state index contributed by atoms with van der Waals surface area (Å²) in [5.74, 6) is -0.0301. The second kappa shape index (κ2) is 7.13. The van der Waals surface area contributed by atoms with E-state index in [2.05, 4.69) is 9.08 Å². The molecule has 2 aliphatic rings. The summed E-state index contributed by atoms with van der Waals surface area (Å²) in [6.45, 7) is 4.90. The fourth-order valence-electron chi connectivity index (χ4n) is 4.52. The predicted octanol–water partition coefficient (Wildman–Crippen LogP) is 2.39. The molecule has 2 aliphatic carbocycles. The molecule has 1 aromatic rings. The van der Waals surface area contributed by atoms with Gasteiger partial charge in [0.05, 0.1) is 31.9 Å². The van der Waals surface area contributed by atoms with Gasteiger partial charge in [-0.3, -0.25) is 0 Å². The number of benzene rings is 1. The first-order chi connectivity index (χ1) is 12.5. The second-order valence-corrected chi connectivity index (χ2v) is 13.5. The van der Waals surface area contributed by atoms with Gasteiger partial charge in [0.2, 0.25) is 10.0 Å². The number of hydrogen-bond acceptors (Lipinski definition) is 5. The van der Waals surface area contributed by atoms with Crippen molar-refractivity contribution >= 4 is 19.8 Å². The SMILES string of the molecule is CN=[S@@](=O)(c1ccccc1)[C@H]1[C@H](O)[C@@H](NS(=O)(=O)C(C)(C)C)[C@@H]2CCC[C@@H]21. The van der Waals surface area contributed by atoms with E-state index in [1.165, 1.54) is 7.05 Å². The molecule has 0 radical (unpaired) electrons. The highest BCUT2D eigenvalue weighted by Gasteiger charge is 2.57. The van der Waals surface area contributed by atoms with Crippen LogP contribution >= 0.6 is 0 Å². The molecule has 0 aromatic heterocycles. The van der Waals surface area contributed by atoms with Crippen molar-refractivity contribution in [1.29, 1.82) is 0 Å². The molecule has 0 unspecified atom stereocenters. The Morgan fingerprint density at radius 1 is 1.07 bits per heavy atom. The van der Waals surface area contributed by atoms with Crippen molar-refractivity contribution in [3.63, 3.8) is 0 Å². The molecular formula is C19H30N2O4S2. The van der Waals surface area contributed by atoms with Crippen LogP contribution in [0.25, 0.3) is 0 Å². The molecular weight excluding hydrogens is 384 g/mol. The third kappa shape index (κ3) is 3.45. The van der Waals surface area contributed by atoms with Crippen LogP contribution in [0.3, 0.4) is 0 Å². The first-order valence-corrected chi connectivity index (χ1v) is 12.5. The molecule has 27 heavy (non-hydrogen) atoms. The van der Waals surface area contributed by atoms with E-state index in [4.69, 9.17) is 0 Å². The maximum atomic E-state index is 13.9. The Bertz CT molecular complexity index is 899. The lowest BCUT2D eigenvalue weighted by molar-refractivity contribution is 0.148. The number of aliphatic hydroxyl groups is 1. The average molecular weight is 415 g/mol. The Balaban J connectivity index is 2.03. The molecule has 2 N–H and O–H groups in total.